The maximum absolute atomic E-state index is 12.7. The van der Waals surface area contributed by atoms with Gasteiger partial charge in [0, 0.05) is 20.7 Å². The third-order valence-electron chi connectivity index (χ3n) is 3.71. The molecular weight excluding hydrogens is 323 g/mol. The zero-order valence-corrected chi connectivity index (χ0v) is 14.0. The number of aromatic nitrogens is 1. The largest absolute Gasteiger partial charge is 0.396 e. The molecule has 2 aromatic rings. The van der Waals surface area contributed by atoms with Crippen LogP contribution in [0, 0.1) is 0 Å². The molecule has 2 rings (SSSR count). The highest BCUT2D eigenvalue weighted by molar-refractivity contribution is 6.41. The third kappa shape index (κ3) is 3.29. The Morgan fingerprint density at radius 3 is 2.45 bits per heavy atom. The normalized spacial score (nSPS) is 12.2. The summed E-state index contributed by atoms with van der Waals surface area (Å²) in [4.78, 5) is 14.3. The van der Waals surface area contributed by atoms with Crippen molar-refractivity contribution in [2.75, 3.05) is 13.7 Å². The molecule has 0 aliphatic rings. The van der Waals surface area contributed by atoms with Crippen molar-refractivity contribution in [3.05, 3.63) is 57.8 Å². The van der Waals surface area contributed by atoms with Gasteiger partial charge in [0.15, 0.2) is 0 Å². The first-order chi connectivity index (χ1) is 10.5. The van der Waals surface area contributed by atoms with Crippen LogP contribution in [0.25, 0.3) is 0 Å². The summed E-state index contributed by atoms with van der Waals surface area (Å²) in [5.41, 5.74) is 1.38. The second kappa shape index (κ2) is 7.18. The van der Waals surface area contributed by atoms with E-state index in [0.29, 0.717) is 22.3 Å². The van der Waals surface area contributed by atoms with E-state index in [2.05, 4.69) is 0 Å². The highest BCUT2D eigenvalue weighted by Gasteiger charge is 2.25. The van der Waals surface area contributed by atoms with E-state index in [0.717, 1.165) is 5.56 Å². The van der Waals surface area contributed by atoms with Gasteiger partial charge in [0.05, 0.1) is 11.1 Å². The fourth-order valence-corrected chi connectivity index (χ4v) is 2.83. The number of nitrogens with zero attached hydrogens (tertiary/aromatic N) is 2. The molecule has 0 aliphatic carbocycles. The predicted molar refractivity (Wildman–Crippen MR) is 88.4 cm³/mol. The van der Waals surface area contributed by atoms with Crippen LogP contribution in [-0.2, 0) is 7.05 Å². The molecule has 1 aromatic carbocycles. The number of halogens is 2. The Balaban J connectivity index is 2.32. The first kappa shape index (κ1) is 16.9. The van der Waals surface area contributed by atoms with Crippen LogP contribution >= 0.6 is 23.2 Å². The van der Waals surface area contributed by atoms with Gasteiger partial charge in [-0.15, -0.1) is 0 Å². The van der Waals surface area contributed by atoms with E-state index in [1.807, 2.05) is 30.3 Å². The maximum Gasteiger partial charge on any atom is 0.270 e. The number of aliphatic hydroxyl groups excluding tert-OH is 1. The summed E-state index contributed by atoms with van der Waals surface area (Å²) in [6.45, 7) is -0.00810. The molecule has 0 saturated heterocycles. The van der Waals surface area contributed by atoms with Crippen molar-refractivity contribution in [2.45, 2.75) is 12.5 Å². The van der Waals surface area contributed by atoms with Gasteiger partial charge in [0.25, 0.3) is 5.91 Å². The maximum atomic E-state index is 12.7. The zero-order chi connectivity index (χ0) is 16.3. The smallest absolute Gasteiger partial charge is 0.270 e. The minimum Gasteiger partial charge on any atom is -0.396 e. The summed E-state index contributed by atoms with van der Waals surface area (Å²) in [5.74, 6) is -0.196. The zero-order valence-electron chi connectivity index (χ0n) is 12.5. The van der Waals surface area contributed by atoms with Crippen LogP contribution in [-0.4, -0.2) is 34.1 Å². The number of carbonyl (C=O) groups is 1. The van der Waals surface area contributed by atoms with Gasteiger partial charge < -0.3 is 14.6 Å². The Hall–Kier alpha value is -1.49. The second-order valence-corrected chi connectivity index (χ2v) is 5.85. The lowest BCUT2D eigenvalue weighted by atomic mass is 10.0. The van der Waals surface area contributed by atoms with Gasteiger partial charge >= 0.3 is 0 Å². The van der Waals surface area contributed by atoms with Gasteiger partial charge in [-0.05, 0) is 18.1 Å². The lowest BCUT2D eigenvalue weighted by molar-refractivity contribution is 0.0695. The molecule has 0 radical (unpaired) electrons. The molecule has 0 aliphatic heterocycles. The number of rotatable bonds is 5. The van der Waals surface area contributed by atoms with E-state index in [-0.39, 0.29) is 18.6 Å². The van der Waals surface area contributed by atoms with Crippen LogP contribution in [0.1, 0.15) is 28.5 Å². The number of amides is 1. The first-order valence-corrected chi connectivity index (χ1v) is 7.66. The topological polar surface area (TPSA) is 45.5 Å². The number of hydrogen-bond donors (Lipinski definition) is 1. The first-order valence-electron chi connectivity index (χ1n) is 6.91. The molecule has 0 fully saturated rings. The van der Waals surface area contributed by atoms with Crippen LogP contribution in [0.15, 0.2) is 36.4 Å². The van der Waals surface area contributed by atoms with Crippen molar-refractivity contribution in [1.29, 1.82) is 0 Å². The Labute approximate surface area is 139 Å². The molecule has 1 atom stereocenters. The second-order valence-electron chi connectivity index (χ2n) is 5.08. The van der Waals surface area contributed by atoms with Crippen molar-refractivity contribution in [3.8, 4) is 0 Å². The van der Waals surface area contributed by atoms with E-state index in [1.54, 1.807) is 29.6 Å². The van der Waals surface area contributed by atoms with E-state index >= 15 is 0 Å². The average Bonchev–Trinajstić information content (AvgIpc) is 2.79. The summed E-state index contributed by atoms with van der Waals surface area (Å²) in [7, 11) is 3.41. The monoisotopic (exact) mass is 340 g/mol. The number of hydrogen-bond acceptors (Lipinski definition) is 2. The summed E-state index contributed by atoms with van der Waals surface area (Å²) in [6.07, 6.45) is 0.456. The van der Waals surface area contributed by atoms with Crippen LogP contribution in [0.5, 0.6) is 0 Å². The van der Waals surface area contributed by atoms with Crippen molar-refractivity contribution in [1.82, 2.24) is 9.47 Å². The van der Waals surface area contributed by atoms with Gasteiger partial charge in [-0.3, -0.25) is 4.79 Å². The lowest BCUT2D eigenvalue weighted by Crippen LogP contribution is -2.33. The summed E-state index contributed by atoms with van der Waals surface area (Å²) < 4.78 is 1.56. The van der Waals surface area contributed by atoms with Crippen molar-refractivity contribution >= 4 is 29.1 Å². The van der Waals surface area contributed by atoms with Crippen LogP contribution < -0.4 is 0 Å². The molecule has 6 heteroatoms. The molecular formula is C16H18Cl2N2O2. The SMILES string of the molecule is CN(C(=O)c1cc(Cl)c(Cl)n1C)C(CCO)c1ccccc1. The Bertz CT molecular complexity index is 656. The van der Waals surface area contributed by atoms with E-state index in [9.17, 15) is 9.90 Å². The summed E-state index contributed by atoms with van der Waals surface area (Å²) in [5, 5.41) is 9.99. The lowest BCUT2D eigenvalue weighted by Gasteiger charge is -2.28. The molecule has 0 saturated carbocycles. The quantitative estimate of drug-likeness (QED) is 0.904. The fourth-order valence-electron chi connectivity index (χ4n) is 2.45. The van der Waals surface area contributed by atoms with Crippen molar-refractivity contribution < 1.29 is 9.90 Å². The van der Waals surface area contributed by atoms with Crippen LogP contribution in [0.3, 0.4) is 0 Å². The fraction of sp³-hybridized carbons (Fsp3) is 0.312. The van der Waals surface area contributed by atoms with Crippen LogP contribution in [0.4, 0.5) is 0 Å². The molecule has 1 aromatic heterocycles. The molecule has 1 amide bonds. The third-order valence-corrected chi connectivity index (χ3v) is 4.55. The molecule has 22 heavy (non-hydrogen) atoms. The van der Waals surface area contributed by atoms with E-state index in [4.69, 9.17) is 23.2 Å². The Morgan fingerprint density at radius 1 is 1.32 bits per heavy atom. The van der Waals surface area contributed by atoms with E-state index < -0.39 is 0 Å². The standard InChI is InChI=1S/C16H18Cl2N2O2/c1-19-14(10-12(17)15(19)18)16(22)20(2)13(8-9-21)11-6-4-3-5-7-11/h3-7,10,13,21H,8-9H2,1-2H3. The molecule has 4 nitrogen and oxygen atoms in total. The minimum absolute atomic E-state index is 0.00810. The molecule has 0 spiro atoms. The van der Waals surface area contributed by atoms with Gasteiger partial charge in [-0.2, -0.15) is 0 Å². The Kier molecular flexibility index (Phi) is 5.51. The molecule has 118 valence electrons. The highest BCUT2D eigenvalue weighted by atomic mass is 35.5. The molecule has 0 bridgehead atoms. The van der Waals surface area contributed by atoms with Gasteiger partial charge in [-0.25, -0.2) is 0 Å². The van der Waals surface area contributed by atoms with Crippen molar-refractivity contribution in [2.24, 2.45) is 7.05 Å². The minimum atomic E-state index is -0.217. The summed E-state index contributed by atoms with van der Waals surface area (Å²) in [6, 6.07) is 11.0. The molecule has 1 N–H and O–H groups in total. The number of benzene rings is 1. The van der Waals surface area contributed by atoms with E-state index in [1.165, 1.54) is 0 Å². The Morgan fingerprint density at radius 2 is 1.95 bits per heavy atom. The highest BCUT2D eigenvalue weighted by Crippen LogP contribution is 2.29. The average molecular weight is 341 g/mol. The van der Waals surface area contributed by atoms with Crippen LogP contribution in [0.2, 0.25) is 10.2 Å². The van der Waals surface area contributed by atoms with Gasteiger partial charge in [0.1, 0.15) is 10.8 Å². The number of aliphatic hydroxyl groups is 1. The molecule has 1 heterocycles. The number of carbonyl (C=O) groups excluding carboxylic acids is 1. The van der Waals surface area contributed by atoms with Gasteiger partial charge in [0.2, 0.25) is 0 Å². The summed E-state index contributed by atoms with van der Waals surface area (Å²) >= 11 is 12.0. The van der Waals surface area contributed by atoms with Crippen molar-refractivity contribution in [3.63, 3.8) is 0 Å². The predicted octanol–water partition coefficient (Wildman–Crippen LogP) is 3.53. The van der Waals surface area contributed by atoms with Gasteiger partial charge in [-0.1, -0.05) is 53.5 Å². The molecule has 1 unspecified atom stereocenters.